The van der Waals surface area contributed by atoms with Crippen LogP contribution in [-0.4, -0.2) is 17.2 Å². The van der Waals surface area contributed by atoms with Crippen molar-refractivity contribution in [3.63, 3.8) is 0 Å². The van der Waals surface area contributed by atoms with Crippen LogP contribution in [0.2, 0.25) is 5.02 Å². The number of aromatic hydroxyl groups is 1. The first-order valence-electron chi connectivity index (χ1n) is 5.74. The Kier molecular flexibility index (Phi) is 5.60. The van der Waals surface area contributed by atoms with Gasteiger partial charge in [0.15, 0.2) is 0 Å². The van der Waals surface area contributed by atoms with Crippen molar-refractivity contribution >= 4 is 62.2 Å². The first-order valence-corrected chi connectivity index (χ1v) is 7.99. The Morgan fingerprint density at radius 1 is 1.33 bits per heavy atom. The third-order valence-corrected chi connectivity index (χ3v) is 4.07. The van der Waals surface area contributed by atoms with Gasteiger partial charge in [-0.05, 0) is 59.0 Å². The molecule has 0 saturated heterocycles. The van der Waals surface area contributed by atoms with E-state index in [9.17, 15) is 9.90 Å². The Hall–Kier alpha value is -1.12. The molecule has 0 heterocycles. The zero-order valence-corrected chi connectivity index (χ0v) is 15.0. The van der Waals surface area contributed by atoms with Gasteiger partial charge >= 0.3 is 0 Å². The van der Waals surface area contributed by atoms with Crippen LogP contribution in [0, 0.1) is 3.57 Å². The van der Waals surface area contributed by atoms with E-state index in [0.717, 1.165) is 4.47 Å². The lowest BCUT2D eigenvalue weighted by molar-refractivity contribution is 0.0955. The number of phenols is 1. The summed E-state index contributed by atoms with van der Waals surface area (Å²) >= 11 is 11.1. The smallest absolute Gasteiger partial charge is 0.271 e. The standard InChI is InChI=1S/C14H9BrClIN2O2/c15-10-5-9(13(20)12(17)6-10)7-18-19-14(21)8-1-3-11(16)4-2-8/h1-7,20H,(H,19,21)/b18-7+. The SMILES string of the molecule is O=C(N/N=C/c1cc(Br)cc(I)c1O)c1ccc(Cl)cc1. The average molecular weight is 479 g/mol. The lowest BCUT2D eigenvalue weighted by Crippen LogP contribution is -2.17. The van der Waals surface area contributed by atoms with Crippen LogP contribution in [0.4, 0.5) is 0 Å². The van der Waals surface area contributed by atoms with E-state index < -0.39 is 0 Å². The molecular weight excluding hydrogens is 470 g/mol. The maximum atomic E-state index is 11.8. The van der Waals surface area contributed by atoms with Crippen molar-refractivity contribution in [3.8, 4) is 5.75 Å². The van der Waals surface area contributed by atoms with Gasteiger partial charge in [0.25, 0.3) is 5.91 Å². The molecule has 0 aliphatic rings. The number of phenolic OH excluding ortho intramolecular Hbond substituents is 1. The van der Waals surface area contributed by atoms with Crippen LogP contribution < -0.4 is 5.43 Å². The normalized spacial score (nSPS) is 10.8. The average Bonchev–Trinajstić information content (AvgIpc) is 2.44. The molecule has 0 fully saturated rings. The summed E-state index contributed by atoms with van der Waals surface area (Å²) in [4.78, 5) is 11.8. The van der Waals surface area contributed by atoms with E-state index in [-0.39, 0.29) is 11.7 Å². The minimum atomic E-state index is -0.355. The van der Waals surface area contributed by atoms with Crippen LogP contribution in [0.15, 0.2) is 46.0 Å². The number of carbonyl (C=O) groups is 1. The van der Waals surface area contributed by atoms with Gasteiger partial charge in [0, 0.05) is 20.6 Å². The van der Waals surface area contributed by atoms with Crippen molar-refractivity contribution in [2.45, 2.75) is 0 Å². The first kappa shape index (κ1) is 16.3. The molecule has 1 amide bonds. The van der Waals surface area contributed by atoms with E-state index in [2.05, 4.69) is 26.5 Å². The molecule has 2 N–H and O–H groups in total. The van der Waals surface area contributed by atoms with Gasteiger partial charge in [-0.15, -0.1) is 0 Å². The quantitative estimate of drug-likeness (QED) is 0.394. The summed E-state index contributed by atoms with van der Waals surface area (Å²) in [7, 11) is 0. The summed E-state index contributed by atoms with van der Waals surface area (Å²) in [5.41, 5.74) is 3.35. The van der Waals surface area contributed by atoms with E-state index in [1.165, 1.54) is 6.21 Å². The van der Waals surface area contributed by atoms with Crippen LogP contribution in [0.5, 0.6) is 5.75 Å². The fourth-order valence-electron chi connectivity index (χ4n) is 1.51. The number of nitrogens with one attached hydrogen (secondary N) is 1. The summed E-state index contributed by atoms with van der Waals surface area (Å²) in [6.07, 6.45) is 1.38. The lowest BCUT2D eigenvalue weighted by atomic mass is 10.2. The Bertz CT molecular complexity index is 705. The number of hydrogen-bond acceptors (Lipinski definition) is 3. The molecule has 0 saturated carbocycles. The highest BCUT2D eigenvalue weighted by Crippen LogP contribution is 2.27. The molecule has 0 spiro atoms. The summed E-state index contributed by atoms with van der Waals surface area (Å²) < 4.78 is 1.50. The Labute approximate surface area is 148 Å². The molecule has 108 valence electrons. The minimum Gasteiger partial charge on any atom is -0.506 e. The number of rotatable bonds is 3. The highest BCUT2D eigenvalue weighted by atomic mass is 127. The van der Waals surface area contributed by atoms with Gasteiger partial charge in [0.05, 0.1) is 9.78 Å². The highest BCUT2D eigenvalue weighted by molar-refractivity contribution is 14.1. The summed E-state index contributed by atoms with van der Waals surface area (Å²) in [5, 5.41) is 14.3. The number of benzene rings is 2. The zero-order chi connectivity index (χ0) is 15.4. The number of carbonyl (C=O) groups excluding carboxylic acids is 1. The van der Waals surface area contributed by atoms with Crippen molar-refractivity contribution in [1.29, 1.82) is 0 Å². The number of hydrogen-bond donors (Lipinski definition) is 2. The maximum Gasteiger partial charge on any atom is 0.271 e. The van der Waals surface area contributed by atoms with Gasteiger partial charge in [-0.1, -0.05) is 27.5 Å². The number of nitrogens with zero attached hydrogens (tertiary/aromatic N) is 1. The van der Waals surface area contributed by atoms with Crippen molar-refractivity contribution in [1.82, 2.24) is 5.43 Å². The van der Waals surface area contributed by atoms with E-state index in [0.29, 0.717) is 19.7 Å². The number of amides is 1. The minimum absolute atomic E-state index is 0.114. The fraction of sp³-hybridized carbons (Fsp3) is 0. The molecule has 0 aliphatic carbocycles. The van der Waals surface area contributed by atoms with Crippen LogP contribution in [0.1, 0.15) is 15.9 Å². The predicted molar refractivity (Wildman–Crippen MR) is 95.0 cm³/mol. The van der Waals surface area contributed by atoms with Gasteiger partial charge in [0.1, 0.15) is 5.75 Å². The van der Waals surface area contributed by atoms with Crippen LogP contribution in [0.3, 0.4) is 0 Å². The lowest BCUT2D eigenvalue weighted by Gasteiger charge is -2.03. The molecule has 0 radical (unpaired) electrons. The second-order valence-corrected chi connectivity index (χ2v) is 6.55. The van der Waals surface area contributed by atoms with Gasteiger partial charge < -0.3 is 5.11 Å². The molecule has 21 heavy (non-hydrogen) atoms. The molecule has 0 unspecified atom stereocenters. The molecule has 0 bridgehead atoms. The Morgan fingerprint density at radius 3 is 2.67 bits per heavy atom. The van der Waals surface area contributed by atoms with Crippen LogP contribution in [0.25, 0.3) is 0 Å². The third-order valence-electron chi connectivity index (χ3n) is 2.53. The largest absolute Gasteiger partial charge is 0.506 e. The fourth-order valence-corrected chi connectivity index (χ4v) is 3.19. The zero-order valence-electron chi connectivity index (χ0n) is 10.5. The molecule has 7 heteroatoms. The van der Waals surface area contributed by atoms with Crippen molar-refractivity contribution in [3.05, 3.63) is 60.6 Å². The van der Waals surface area contributed by atoms with Crippen LogP contribution in [-0.2, 0) is 0 Å². The molecule has 4 nitrogen and oxygen atoms in total. The van der Waals surface area contributed by atoms with Gasteiger partial charge in [-0.3, -0.25) is 4.79 Å². The van der Waals surface area contributed by atoms with E-state index in [1.807, 2.05) is 22.6 Å². The monoisotopic (exact) mass is 478 g/mol. The summed E-state index contributed by atoms with van der Waals surface area (Å²) in [5.74, 6) is -0.240. The number of halogens is 3. The highest BCUT2D eigenvalue weighted by Gasteiger charge is 2.06. The van der Waals surface area contributed by atoms with Gasteiger partial charge in [0.2, 0.25) is 0 Å². The van der Waals surface area contributed by atoms with Crippen molar-refractivity contribution in [2.75, 3.05) is 0 Å². The van der Waals surface area contributed by atoms with E-state index in [1.54, 1.807) is 36.4 Å². The van der Waals surface area contributed by atoms with E-state index in [4.69, 9.17) is 11.6 Å². The summed E-state index contributed by atoms with van der Waals surface area (Å²) in [6.45, 7) is 0. The van der Waals surface area contributed by atoms with Crippen molar-refractivity contribution in [2.24, 2.45) is 5.10 Å². The Balaban J connectivity index is 2.09. The molecule has 2 rings (SSSR count). The van der Waals surface area contributed by atoms with Crippen molar-refractivity contribution < 1.29 is 9.90 Å². The van der Waals surface area contributed by atoms with Gasteiger partial charge in [-0.2, -0.15) is 5.10 Å². The molecule has 0 aliphatic heterocycles. The Morgan fingerprint density at radius 2 is 2.00 bits per heavy atom. The topological polar surface area (TPSA) is 61.7 Å². The maximum absolute atomic E-state index is 11.8. The predicted octanol–water partition coefficient (Wildman–Crippen LogP) is 4.18. The van der Waals surface area contributed by atoms with E-state index >= 15 is 0 Å². The molecule has 0 atom stereocenters. The molecule has 2 aromatic carbocycles. The molecular formula is C14H9BrClIN2O2. The number of hydrazone groups is 1. The molecule has 2 aromatic rings. The second kappa shape index (κ2) is 7.24. The van der Waals surface area contributed by atoms with Gasteiger partial charge in [-0.25, -0.2) is 5.43 Å². The summed E-state index contributed by atoms with van der Waals surface area (Å²) in [6, 6.07) is 9.94. The third kappa shape index (κ3) is 4.42. The van der Waals surface area contributed by atoms with Crippen LogP contribution >= 0.6 is 50.1 Å². The first-order chi connectivity index (χ1) is 9.97. The molecule has 0 aromatic heterocycles. The second-order valence-electron chi connectivity index (χ2n) is 4.03.